The lowest BCUT2D eigenvalue weighted by molar-refractivity contribution is -0.117. The van der Waals surface area contributed by atoms with Gasteiger partial charge in [-0.1, -0.05) is 38.1 Å². The molecular weight excluding hydrogens is 262 g/mol. The molecule has 4 heteroatoms. The van der Waals surface area contributed by atoms with E-state index in [1.165, 1.54) is 11.8 Å². The van der Waals surface area contributed by atoms with Crippen LogP contribution in [0.15, 0.2) is 36.0 Å². The predicted octanol–water partition coefficient (Wildman–Crippen LogP) is 2.83. The van der Waals surface area contributed by atoms with Crippen LogP contribution in [0.3, 0.4) is 0 Å². The number of nitriles is 1. The molecule has 2 N–H and O–H groups in total. The van der Waals surface area contributed by atoms with Crippen LogP contribution in [-0.4, -0.2) is 12.5 Å². The highest BCUT2D eigenvalue weighted by Crippen LogP contribution is 2.14. The van der Waals surface area contributed by atoms with Crippen LogP contribution >= 0.6 is 0 Å². The number of aryl methyl sites for hydroxylation is 1. The second kappa shape index (κ2) is 8.80. The van der Waals surface area contributed by atoms with Crippen molar-refractivity contribution >= 4 is 5.91 Å². The lowest BCUT2D eigenvalue weighted by atomic mass is 10.0. The largest absolute Gasteiger partial charge is 0.390 e. The van der Waals surface area contributed by atoms with Gasteiger partial charge in [-0.05, 0) is 30.9 Å². The van der Waals surface area contributed by atoms with Gasteiger partial charge in [0, 0.05) is 12.7 Å². The van der Waals surface area contributed by atoms with E-state index in [9.17, 15) is 4.79 Å². The number of hydrogen-bond donors (Lipinski definition) is 2. The third-order valence-electron chi connectivity index (χ3n) is 3.24. The minimum atomic E-state index is -0.354. The fraction of sp³-hybridized carbons (Fsp3) is 0.412. The van der Waals surface area contributed by atoms with Crippen LogP contribution < -0.4 is 10.6 Å². The maximum atomic E-state index is 12.0. The Hall–Kier alpha value is -2.28. The number of benzene rings is 1. The van der Waals surface area contributed by atoms with Gasteiger partial charge in [0.25, 0.3) is 5.91 Å². The van der Waals surface area contributed by atoms with Gasteiger partial charge in [0.1, 0.15) is 11.6 Å². The summed E-state index contributed by atoms with van der Waals surface area (Å²) in [6.45, 7) is 6.78. The molecule has 1 rings (SSSR count). The van der Waals surface area contributed by atoms with E-state index in [0.717, 1.165) is 24.9 Å². The van der Waals surface area contributed by atoms with Crippen molar-refractivity contribution in [3.8, 4) is 6.07 Å². The highest BCUT2D eigenvalue weighted by Gasteiger charge is 2.13. The van der Waals surface area contributed by atoms with Gasteiger partial charge in [0.15, 0.2) is 0 Å². The number of amides is 1. The van der Waals surface area contributed by atoms with Crippen molar-refractivity contribution in [1.29, 1.82) is 5.26 Å². The molecule has 21 heavy (non-hydrogen) atoms. The van der Waals surface area contributed by atoms with E-state index in [4.69, 9.17) is 5.26 Å². The van der Waals surface area contributed by atoms with E-state index in [-0.39, 0.29) is 17.5 Å². The van der Waals surface area contributed by atoms with E-state index < -0.39 is 0 Å². The first kappa shape index (κ1) is 16.8. The van der Waals surface area contributed by atoms with Crippen LogP contribution in [0.2, 0.25) is 0 Å². The molecule has 0 radical (unpaired) electrons. The molecule has 0 aromatic heterocycles. The van der Waals surface area contributed by atoms with Gasteiger partial charge in [-0.15, -0.1) is 0 Å². The molecule has 0 bridgehead atoms. The van der Waals surface area contributed by atoms with Crippen LogP contribution in [0.4, 0.5) is 0 Å². The molecule has 0 saturated carbocycles. The van der Waals surface area contributed by atoms with Crippen molar-refractivity contribution in [1.82, 2.24) is 10.6 Å². The first-order valence-corrected chi connectivity index (χ1v) is 7.35. The second-order valence-electron chi connectivity index (χ2n) is 4.91. The summed E-state index contributed by atoms with van der Waals surface area (Å²) in [6.07, 6.45) is 3.41. The number of carbonyl (C=O) groups excluding carboxylic acids is 1. The Morgan fingerprint density at radius 3 is 2.52 bits per heavy atom. The third-order valence-corrected chi connectivity index (χ3v) is 3.24. The van der Waals surface area contributed by atoms with Gasteiger partial charge in [-0.25, -0.2) is 0 Å². The summed E-state index contributed by atoms with van der Waals surface area (Å²) in [5.74, 6) is -0.354. The Balaban J connectivity index is 2.67. The number of nitrogens with zero attached hydrogens (tertiary/aromatic N) is 1. The highest BCUT2D eigenvalue weighted by atomic mass is 16.1. The van der Waals surface area contributed by atoms with Crippen LogP contribution in [-0.2, 0) is 11.2 Å². The molecule has 1 unspecified atom stereocenters. The van der Waals surface area contributed by atoms with Crippen molar-refractivity contribution in [3.05, 3.63) is 47.2 Å². The van der Waals surface area contributed by atoms with Gasteiger partial charge in [-0.3, -0.25) is 4.79 Å². The molecule has 1 amide bonds. The molecule has 0 aliphatic carbocycles. The first-order chi connectivity index (χ1) is 10.1. The van der Waals surface area contributed by atoms with Crippen molar-refractivity contribution in [3.63, 3.8) is 0 Å². The molecule has 4 nitrogen and oxygen atoms in total. The van der Waals surface area contributed by atoms with Crippen molar-refractivity contribution < 1.29 is 4.79 Å². The van der Waals surface area contributed by atoms with E-state index >= 15 is 0 Å². The standard InChI is InChI=1S/C17H23N3O/c1-4-10-19-12-16(11-18)17(21)20-13(3)15-8-6-14(5-2)7-9-15/h6-9,12-13,19H,4-5,10H2,1-3H3,(H,20,21)/b16-12-. The first-order valence-electron chi connectivity index (χ1n) is 7.35. The quantitative estimate of drug-likeness (QED) is 0.460. The van der Waals surface area contributed by atoms with Gasteiger partial charge in [-0.2, -0.15) is 5.26 Å². The monoisotopic (exact) mass is 285 g/mol. The summed E-state index contributed by atoms with van der Waals surface area (Å²) in [6, 6.07) is 9.92. The molecule has 1 aromatic carbocycles. The molecule has 0 aliphatic heterocycles. The van der Waals surface area contributed by atoms with Crippen molar-refractivity contribution in [2.45, 2.75) is 39.7 Å². The lowest BCUT2D eigenvalue weighted by Gasteiger charge is -2.14. The lowest BCUT2D eigenvalue weighted by Crippen LogP contribution is -2.28. The normalized spacial score (nSPS) is 12.4. The molecule has 0 saturated heterocycles. The Morgan fingerprint density at radius 2 is 2.00 bits per heavy atom. The minimum Gasteiger partial charge on any atom is -0.390 e. The smallest absolute Gasteiger partial charge is 0.263 e. The molecule has 0 spiro atoms. The Kier molecular flexibility index (Phi) is 7.03. The maximum absolute atomic E-state index is 12.0. The maximum Gasteiger partial charge on any atom is 0.263 e. The zero-order chi connectivity index (χ0) is 15.7. The summed E-state index contributed by atoms with van der Waals surface area (Å²) in [4.78, 5) is 12.0. The molecule has 1 atom stereocenters. The van der Waals surface area contributed by atoms with Crippen molar-refractivity contribution in [2.75, 3.05) is 6.54 Å². The fourth-order valence-corrected chi connectivity index (χ4v) is 1.87. The summed E-state index contributed by atoms with van der Waals surface area (Å²) < 4.78 is 0. The highest BCUT2D eigenvalue weighted by molar-refractivity contribution is 5.97. The summed E-state index contributed by atoms with van der Waals surface area (Å²) in [7, 11) is 0. The van der Waals surface area contributed by atoms with Crippen LogP contribution in [0, 0.1) is 11.3 Å². The Morgan fingerprint density at radius 1 is 1.33 bits per heavy atom. The molecule has 1 aromatic rings. The molecule has 0 aliphatic rings. The van der Waals surface area contributed by atoms with E-state index in [0.29, 0.717) is 0 Å². The number of carbonyl (C=O) groups is 1. The molecular formula is C17H23N3O. The van der Waals surface area contributed by atoms with Crippen LogP contribution in [0.5, 0.6) is 0 Å². The van der Waals surface area contributed by atoms with Gasteiger partial charge >= 0.3 is 0 Å². The number of rotatable bonds is 7. The third kappa shape index (κ3) is 5.31. The van der Waals surface area contributed by atoms with E-state index in [2.05, 4.69) is 29.7 Å². The van der Waals surface area contributed by atoms with Crippen LogP contribution in [0.1, 0.15) is 44.4 Å². The van der Waals surface area contributed by atoms with Crippen LogP contribution in [0.25, 0.3) is 0 Å². The zero-order valence-electron chi connectivity index (χ0n) is 12.9. The van der Waals surface area contributed by atoms with Gasteiger partial charge in [0.05, 0.1) is 6.04 Å². The second-order valence-corrected chi connectivity index (χ2v) is 4.91. The average molecular weight is 285 g/mol. The molecule has 0 heterocycles. The summed E-state index contributed by atoms with van der Waals surface area (Å²) >= 11 is 0. The van der Waals surface area contributed by atoms with Crippen molar-refractivity contribution in [2.24, 2.45) is 0 Å². The zero-order valence-corrected chi connectivity index (χ0v) is 12.9. The summed E-state index contributed by atoms with van der Waals surface area (Å²) in [5, 5.41) is 14.8. The SMILES string of the molecule is CCCN/C=C(/C#N)C(=O)NC(C)c1ccc(CC)cc1. The number of hydrogen-bond acceptors (Lipinski definition) is 3. The van der Waals surface area contributed by atoms with E-state index in [1.807, 2.05) is 32.0 Å². The fourth-order valence-electron chi connectivity index (χ4n) is 1.87. The van der Waals surface area contributed by atoms with Gasteiger partial charge < -0.3 is 10.6 Å². The topological polar surface area (TPSA) is 64.9 Å². The van der Waals surface area contributed by atoms with E-state index in [1.54, 1.807) is 0 Å². The predicted molar refractivity (Wildman–Crippen MR) is 84.4 cm³/mol. The van der Waals surface area contributed by atoms with Gasteiger partial charge in [0.2, 0.25) is 0 Å². The molecule has 112 valence electrons. The number of nitrogens with one attached hydrogen (secondary N) is 2. The summed E-state index contributed by atoms with van der Waals surface area (Å²) in [5.41, 5.74) is 2.39. The Bertz CT molecular complexity index is 526. The Labute approximate surface area is 126 Å². The minimum absolute atomic E-state index is 0.0977. The molecule has 0 fully saturated rings. The average Bonchev–Trinajstić information content (AvgIpc) is 2.51.